The van der Waals surface area contributed by atoms with Gasteiger partial charge in [0.2, 0.25) is 0 Å². The smallest absolute Gasteiger partial charge is 0.0417 e. The van der Waals surface area contributed by atoms with Crippen LogP contribution >= 0.6 is 0 Å². The molecule has 0 saturated carbocycles. The maximum atomic E-state index is 2.38. The summed E-state index contributed by atoms with van der Waals surface area (Å²) in [4.78, 5) is 0. The van der Waals surface area contributed by atoms with Gasteiger partial charge in [0.25, 0.3) is 0 Å². The molecular weight excluding hydrogens is 180 g/mol. The van der Waals surface area contributed by atoms with Crippen LogP contribution < -0.4 is 0 Å². The second-order valence-corrected chi connectivity index (χ2v) is 5.21. The molecule has 15 heavy (non-hydrogen) atoms. The van der Waals surface area contributed by atoms with Gasteiger partial charge in [-0.2, -0.15) is 0 Å². The highest BCUT2D eigenvalue weighted by molar-refractivity contribution is 4.59. The minimum Gasteiger partial charge on any atom is -0.0654 e. The van der Waals surface area contributed by atoms with E-state index in [1.807, 2.05) is 0 Å². The molecule has 0 aliphatic heterocycles. The highest BCUT2D eigenvalue weighted by Gasteiger charge is 2.05. The van der Waals surface area contributed by atoms with Crippen LogP contribution in [0.5, 0.6) is 0 Å². The maximum Gasteiger partial charge on any atom is -0.0417 e. The third-order valence-corrected chi connectivity index (χ3v) is 3.80. The lowest BCUT2D eigenvalue weighted by molar-refractivity contribution is 0.388. The van der Waals surface area contributed by atoms with Crippen molar-refractivity contribution in [2.45, 2.75) is 85.5 Å². The van der Waals surface area contributed by atoms with E-state index in [-0.39, 0.29) is 0 Å². The summed E-state index contributed by atoms with van der Waals surface area (Å²) in [5.41, 5.74) is 0. The van der Waals surface area contributed by atoms with E-state index in [0.717, 1.165) is 11.8 Å². The molecule has 0 rings (SSSR count). The Labute approximate surface area is 97.8 Å². The van der Waals surface area contributed by atoms with E-state index in [0.29, 0.717) is 0 Å². The van der Waals surface area contributed by atoms with Crippen LogP contribution in [0, 0.1) is 11.8 Å². The summed E-state index contributed by atoms with van der Waals surface area (Å²) in [5, 5.41) is 0. The van der Waals surface area contributed by atoms with Gasteiger partial charge in [0.1, 0.15) is 0 Å². The molecule has 0 saturated heterocycles. The van der Waals surface area contributed by atoms with Gasteiger partial charge in [-0.05, 0) is 11.8 Å². The van der Waals surface area contributed by atoms with Crippen molar-refractivity contribution in [3.63, 3.8) is 0 Å². The average Bonchev–Trinajstić information content (AvgIpc) is 2.27. The normalized spacial score (nSPS) is 15.2. The van der Waals surface area contributed by atoms with E-state index in [4.69, 9.17) is 0 Å². The molecule has 0 amide bonds. The van der Waals surface area contributed by atoms with Crippen LogP contribution in [0.1, 0.15) is 85.5 Å². The fourth-order valence-electron chi connectivity index (χ4n) is 2.18. The Morgan fingerprint density at radius 1 is 0.733 bits per heavy atom. The van der Waals surface area contributed by atoms with Gasteiger partial charge in [-0.25, -0.2) is 0 Å². The van der Waals surface area contributed by atoms with Gasteiger partial charge in [-0.3, -0.25) is 0 Å². The van der Waals surface area contributed by atoms with Gasteiger partial charge < -0.3 is 0 Å². The molecule has 0 aliphatic carbocycles. The summed E-state index contributed by atoms with van der Waals surface area (Å²) in [6, 6.07) is 0. The second-order valence-electron chi connectivity index (χ2n) is 5.21. The van der Waals surface area contributed by atoms with E-state index < -0.39 is 0 Å². The molecule has 0 bridgehead atoms. The topological polar surface area (TPSA) is 0 Å². The molecule has 0 aromatic heterocycles. The molecule has 0 aromatic carbocycles. The van der Waals surface area contributed by atoms with Crippen LogP contribution in [-0.2, 0) is 0 Å². The fourth-order valence-corrected chi connectivity index (χ4v) is 2.18. The van der Waals surface area contributed by atoms with E-state index in [2.05, 4.69) is 27.7 Å². The maximum absolute atomic E-state index is 2.38. The predicted molar refractivity (Wildman–Crippen MR) is 71.2 cm³/mol. The first kappa shape index (κ1) is 15.0. The predicted octanol–water partition coefficient (Wildman–Crippen LogP) is 5.81. The molecule has 92 valence electrons. The average molecular weight is 212 g/mol. The zero-order valence-electron chi connectivity index (χ0n) is 11.5. The molecule has 0 aromatic rings. The number of hydrogen-bond acceptors (Lipinski definition) is 0. The fraction of sp³-hybridized carbons (Fsp3) is 1.00. The van der Waals surface area contributed by atoms with Crippen molar-refractivity contribution in [1.82, 2.24) is 0 Å². The third kappa shape index (κ3) is 8.96. The van der Waals surface area contributed by atoms with Gasteiger partial charge in [0.05, 0.1) is 0 Å². The molecule has 0 spiro atoms. The molecule has 2 unspecified atom stereocenters. The molecule has 0 nitrogen and oxygen atoms in total. The van der Waals surface area contributed by atoms with Crippen LogP contribution in [0.3, 0.4) is 0 Å². The molecule has 0 radical (unpaired) electrons. The first-order chi connectivity index (χ1) is 7.24. The Balaban J connectivity index is 3.37. The van der Waals surface area contributed by atoms with Crippen LogP contribution in [0.15, 0.2) is 0 Å². The molecule has 0 heterocycles. The van der Waals surface area contributed by atoms with Crippen LogP contribution in [0.2, 0.25) is 0 Å². The standard InChI is InChI=1S/C15H32/c1-5-8-12-15(7-3)13-10-9-11-14(4)6-2/h14-15H,5-13H2,1-4H3. The summed E-state index contributed by atoms with van der Waals surface area (Å²) in [6.45, 7) is 9.35. The first-order valence-electron chi connectivity index (χ1n) is 7.24. The molecule has 0 N–H and O–H groups in total. The lowest BCUT2D eigenvalue weighted by Crippen LogP contribution is -1.99. The third-order valence-electron chi connectivity index (χ3n) is 3.80. The van der Waals surface area contributed by atoms with Gasteiger partial charge in [-0.15, -0.1) is 0 Å². The van der Waals surface area contributed by atoms with E-state index in [1.54, 1.807) is 0 Å². The van der Waals surface area contributed by atoms with Gasteiger partial charge >= 0.3 is 0 Å². The number of rotatable bonds is 10. The Kier molecular flexibility index (Phi) is 10.5. The summed E-state index contributed by atoms with van der Waals surface area (Å²) in [6.07, 6.45) is 12.9. The largest absolute Gasteiger partial charge is 0.0654 e. The molecular formula is C15H32. The van der Waals surface area contributed by atoms with Crippen LogP contribution in [0.4, 0.5) is 0 Å². The summed E-state index contributed by atoms with van der Waals surface area (Å²) in [7, 11) is 0. The highest BCUT2D eigenvalue weighted by Crippen LogP contribution is 2.21. The zero-order chi connectivity index (χ0) is 11.5. The minimum absolute atomic E-state index is 0.945. The number of hydrogen-bond donors (Lipinski definition) is 0. The molecule has 2 atom stereocenters. The molecule has 0 aliphatic rings. The summed E-state index contributed by atoms with van der Waals surface area (Å²) in [5.74, 6) is 1.96. The Bertz CT molecular complexity index is 117. The van der Waals surface area contributed by atoms with Gasteiger partial charge in [0, 0.05) is 0 Å². The molecule has 0 heteroatoms. The quantitative estimate of drug-likeness (QED) is 0.401. The molecule has 0 fully saturated rings. The van der Waals surface area contributed by atoms with Crippen molar-refractivity contribution >= 4 is 0 Å². The monoisotopic (exact) mass is 212 g/mol. The highest BCUT2D eigenvalue weighted by atomic mass is 14.1. The van der Waals surface area contributed by atoms with Crippen molar-refractivity contribution in [2.24, 2.45) is 11.8 Å². The first-order valence-corrected chi connectivity index (χ1v) is 7.24. The van der Waals surface area contributed by atoms with Crippen LogP contribution in [0.25, 0.3) is 0 Å². The Morgan fingerprint density at radius 3 is 1.87 bits per heavy atom. The second kappa shape index (κ2) is 10.5. The lowest BCUT2D eigenvalue weighted by atomic mass is 9.92. The Hall–Kier alpha value is 0. The van der Waals surface area contributed by atoms with Crippen molar-refractivity contribution in [3.8, 4) is 0 Å². The van der Waals surface area contributed by atoms with E-state index in [9.17, 15) is 0 Å². The minimum atomic E-state index is 0.945. The zero-order valence-corrected chi connectivity index (χ0v) is 11.5. The van der Waals surface area contributed by atoms with Crippen molar-refractivity contribution in [2.75, 3.05) is 0 Å². The van der Waals surface area contributed by atoms with E-state index in [1.165, 1.54) is 57.8 Å². The SMILES string of the molecule is CCCCC(CC)CCCCC(C)CC. The summed E-state index contributed by atoms with van der Waals surface area (Å²) < 4.78 is 0. The summed E-state index contributed by atoms with van der Waals surface area (Å²) >= 11 is 0. The van der Waals surface area contributed by atoms with Crippen molar-refractivity contribution < 1.29 is 0 Å². The van der Waals surface area contributed by atoms with Gasteiger partial charge in [0.15, 0.2) is 0 Å². The number of unbranched alkanes of at least 4 members (excludes halogenated alkanes) is 2. The van der Waals surface area contributed by atoms with Gasteiger partial charge in [-0.1, -0.05) is 85.5 Å². The van der Waals surface area contributed by atoms with E-state index >= 15 is 0 Å². The van der Waals surface area contributed by atoms with Crippen molar-refractivity contribution in [1.29, 1.82) is 0 Å². The van der Waals surface area contributed by atoms with Crippen LogP contribution in [-0.4, -0.2) is 0 Å². The lowest BCUT2D eigenvalue weighted by Gasteiger charge is -2.14. The Morgan fingerprint density at radius 2 is 1.33 bits per heavy atom. The van der Waals surface area contributed by atoms with Crippen molar-refractivity contribution in [3.05, 3.63) is 0 Å².